The molecule has 1 aromatic carbocycles. The fraction of sp³-hybridized carbons (Fsp3) is 0.308. The second-order valence-corrected chi connectivity index (χ2v) is 4.71. The van der Waals surface area contributed by atoms with E-state index in [0.717, 1.165) is 28.6 Å². The molecule has 0 radical (unpaired) electrons. The van der Waals surface area contributed by atoms with E-state index in [9.17, 15) is 4.79 Å². The van der Waals surface area contributed by atoms with E-state index < -0.39 is 0 Å². The van der Waals surface area contributed by atoms with E-state index in [4.69, 9.17) is 17.3 Å². The van der Waals surface area contributed by atoms with Crippen molar-refractivity contribution in [3.63, 3.8) is 0 Å². The Labute approximate surface area is 111 Å². The molecule has 0 bridgehead atoms. The fourth-order valence-electron chi connectivity index (χ4n) is 2.41. The van der Waals surface area contributed by atoms with E-state index in [2.05, 4.69) is 10.3 Å². The molecule has 1 aliphatic rings. The molecule has 96 valence electrons. The first-order valence-electron chi connectivity index (χ1n) is 5.50. The number of nitrogens with two attached hydrogens (primary N) is 1. The predicted octanol–water partition coefficient (Wildman–Crippen LogP) is 2.25. The lowest BCUT2D eigenvalue weighted by atomic mass is 10.1. The molecule has 5 heteroatoms. The van der Waals surface area contributed by atoms with Crippen molar-refractivity contribution in [1.82, 2.24) is 10.3 Å². The quantitative estimate of drug-likeness (QED) is 0.640. The highest BCUT2D eigenvalue weighted by Crippen LogP contribution is 2.32. The van der Waals surface area contributed by atoms with E-state index >= 15 is 0 Å². The molecule has 1 aromatic heterocycles. The summed E-state index contributed by atoms with van der Waals surface area (Å²) in [7, 11) is 0. The Morgan fingerprint density at radius 3 is 2.89 bits per heavy atom. The van der Waals surface area contributed by atoms with Crippen molar-refractivity contribution in [2.45, 2.75) is 20.3 Å². The van der Waals surface area contributed by atoms with Crippen LogP contribution in [0.5, 0.6) is 0 Å². The molecule has 0 saturated carbocycles. The molecule has 0 aliphatic carbocycles. The first-order valence-corrected chi connectivity index (χ1v) is 5.88. The number of aromatic amines is 1. The van der Waals surface area contributed by atoms with Gasteiger partial charge >= 0.3 is 0 Å². The molecule has 0 atom stereocenters. The van der Waals surface area contributed by atoms with Crippen molar-refractivity contribution in [3.8, 4) is 0 Å². The lowest BCUT2D eigenvalue weighted by Crippen LogP contribution is -2.24. The number of aromatic nitrogens is 1. The van der Waals surface area contributed by atoms with E-state index in [-0.39, 0.29) is 13.3 Å². The Kier molecular flexibility index (Phi) is 3.22. The van der Waals surface area contributed by atoms with Crippen molar-refractivity contribution in [2.24, 2.45) is 0 Å². The standard InChI is InChI=1S/C12H12ClN3O.CH4/c13-6-3-8(14)12-7-5-11(17)15-2-1-9(7)16-10(12)4-6;/h3-4,16H,1-2,5,14H2,(H,15,17);1H4. The average molecular weight is 266 g/mol. The molecular formula is C13H16ClN3O. The number of amides is 1. The highest BCUT2D eigenvalue weighted by molar-refractivity contribution is 6.32. The summed E-state index contributed by atoms with van der Waals surface area (Å²) in [5.74, 6) is 0.0407. The molecule has 0 fully saturated rings. The van der Waals surface area contributed by atoms with Crippen LogP contribution in [0, 0.1) is 0 Å². The van der Waals surface area contributed by atoms with Crippen LogP contribution in [0.4, 0.5) is 5.69 Å². The summed E-state index contributed by atoms with van der Waals surface area (Å²) < 4.78 is 0. The van der Waals surface area contributed by atoms with Gasteiger partial charge in [0.25, 0.3) is 0 Å². The van der Waals surface area contributed by atoms with Crippen LogP contribution in [-0.4, -0.2) is 17.4 Å². The SMILES string of the molecule is C.Nc1cc(Cl)cc2[nH]c3c(c12)CC(=O)NCC3. The zero-order valence-corrected chi connectivity index (χ0v) is 9.90. The lowest BCUT2D eigenvalue weighted by molar-refractivity contribution is -0.120. The van der Waals surface area contributed by atoms with Gasteiger partial charge < -0.3 is 16.0 Å². The van der Waals surface area contributed by atoms with Crippen LogP contribution >= 0.6 is 11.6 Å². The smallest absolute Gasteiger partial charge is 0.224 e. The minimum atomic E-state index is 0. The number of carbonyl (C=O) groups excluding carboxylic acids is 1. The number of benzene rings is 1. The van der Waals surface area contributed by atoms with Gasteiger partial charge in [-0.1, -0.05) is 19.0 Å². The second kappa shape index (κ2) is 4.53. The molecule has 18 heavy (non-hydrogen) atoms. The number of fused-ring (bicyclic) bond motifs is 3. The van der Waals surface area contributed by atoms with Gasteiger partial charge in [-0.05, 0) is 17.7 Å². The van der Waals surface area contributed by atoms with E-state index in [1.54, 1.807) is 6.07 Å². The van der Waals surface area contributed by atoms with Gasteiger partial charge in [-0.15, -0.1) is 0 Å². The van der Waals surface area contributed by atoms with Gasteiger partial charge in [-0.3, -0.25) is 4.79 Å². The van der Waals surface area contributed by atoms with Crippen LogP contribution in [0.15, 0.2) is 12.1 Å². The van der Waals surface area contributed by atoms with Crippen LogP contribution in [0.1, 0.15) is 18.7 Å². The monoisotopic (exact) mass is 265 g/mol. The van der Waals surface area contributed by atoms with Gasteiger partial charge in [0.2, 0.25) is 5.91 Å². The molecule has 1 aliphatic heterocycles. The molecule has 1 amide bonds. The Morgan fingerprint density at radius 2 is 2.11 bits per heavy atom. The average Bonchev–Trinajstić information content (AvgIpc) is 2.46. The van der Waals surface area contributed by atoms with E-state index in [1.165, 1.54) is 0 Å². The van der Waals surface area contributed by atoms with Gasteiger partial charge in [0.15, 0.2) is 0 Å². The zero-order valence-electron chi connectivity index (χ0n) is 9.14. The largest absolute Gasteiger partial charge is 0.398 e. The van der Waals surface area contributed by atoms with Crippen molar-refractivity contribution >= 4 is 34.1 Å². The molecule has 0 spiro atoms. The van der Waals surface area contributed by atoms with Crippen molar-refractivity contribution < 1.29 is 4.79 Å². The van der Waals surface area contributed by atoms with Crippen LogP contribution in [0.3, 0.4) is 0 Å². The van der Waals surface area contributed by atoms with Crippen molar-refractivity contribution in [3.05, 3.63) is 28.4 Å². The number of carbonyl (C=O) groups is 1. The Morgan fingerprint density at radius 1 is 1.33 bits per heavy atom. The predicted molar refractivity (Wildman–Crippen MR) is 74.9 cm³/mol. The van der Waals surface area contributed by atoms with E-state index in [0.29, 0.717) is 23.7 Å². The maximum Gasteiger partial charge on any atom is 0.224 e. The number of halogens is 1. The maximum absolute atomic E-state index is 11.6. The summed E-state index contributed by atoms with van der Waals surface area (Å²) in [4.78, 5) is 14.9. The van der Waals surface area contributed by atoms with Gasteiger partial charge in [-0.25, -0.2) is 0 Å². The summed E-state index contributed by atoms with van der Waals surface area (Å²) in [5.41, 5.74) is 9.60. The number of rotatable bonds is 0. The summed E-state index contributed by atoms with van der Waals surface area (Å²) in [6, 6.07) is 3.57. The normalized spacial score (nSPS) is 14.6. The zero-order chi connectivity index (χ0) is 12.0. The summed E-state index contributed by atoms with van der Waals surface area (Å²) in [6.07, 6.45) is 1.17. The number of anilines is 1. The number of nitrogens with one attached hydrogen (secondary N) is 2. The topological polar surface area (TPSA) is 70.9 Å². The van der Waals surface area contributed by atoms with Crippen molar-refractivity contribution in [2.75, 3.05) is 12.3 Å². The Hall–Kier alpha value is -1.68. The number of H-pyrrole nitrogens is 1. The van der Waals surface area contributed by atoms with Crippen LogP contribution in [0.25, 0.3) is 10.9 Å². The lowest BCUT2D eigenvalue weighted by Gasteiger charge is -2.02. The molecule has 2 heterocycles. The number of nitrogen functional groups attached to an aromatic ring is 1. The molecule has 2 aromatic rings. The fourth-order valence-corrected chi connectivity index (χ4v) is 2.64. The number of hydrogen-bond donors (Lipinski definition) is 3. The van der Waals surface area contributed by atoms with Gasteiger partial charge in [0.05, 0.1) is 6.42 Å². The first-order chi connectivity index (χ1) is 8.15. The first kappa shape index (κ1) is 12.8. The molecule has 0 unspecified atom stereocenters. The molecule has 4 nitrogen and oxygen atoms in total. The van der Waals surface area contributed by atoms with Gasteiger partial charge in [0.1, 0.15) is 0 Å². The van der Waals surface area contributed by atoms with Gasteiger partial charge in [0, 0.05) is 40.3 Å². The minimum absolute atomic E-state index is 0. The summed E-state index contributed by atoms with van der Waals surface area (Å²) in [6.45, 7) is 0.659. The summed E-state index contributed by atoms with van der Waals surface area (Å²) in [5, 5.41) is 4.39. The third-order valence-corrected chi connectivity index (χ3v) is 3.34. The minimum Gasteiger partial charge on any atom is -0.398 e. The second-order valence-electron chi connectivity index (χ2n) is 4.28. The highest BCUT2D eigenvalue weighted by Gasteiger charge is 2.19. The third-order valence-electron chi connectivity index (χ3n) is 3.12. The Balaban J connectivity index is 0.00000120. The maximum atomic E-state index is 11.6. The molecule has 4 N–H and O–H groups in total. The molecular weight excluding hydrogens is 250 g/mol. The van der Waals surface area contributed by atoms with E-state index in [1.807, 2.05) is 6.07 Å². The third kappa shape index (κ3) is 1.93. The molecule has 0 saturated heterocycles. The highest BCUT2D eigenvalue weighted by atomic mass is 35.5. The summed E-state index contributed by atoms with van der Waals surface area (Å²) >= 11 is 5.97. The van der Waals surface area contributed by atoms with Crippen LogP contribution in [-0.2, 0) is 17.6 Å². The van der Waals surface area contributed by atoms with Crippen LogP contribution < -0.4 is 11.1 Å². The van der Waals surface area contributed by atoms with Crippen LogP contribution in [0.2, 0.25) is 5.02 Å². The molecule has 3 rings (SSSR count). The van der Waals surface area contributed by atoms with Gasteiger partial charge in [-0.2, -0.15) is 0 Å². The van der Waals surface area contributed by atoms with Crippen molar-refractivity contribution in [1.29, 1.82) is 0 Å². The number of hydrogen-bond acceptors (Lipinski definition) is 2. The Bertz CT molecular complexity index is 618.